The van der Waals surface area contributed by atoms with Crippen LogP contribution in [0.5, 0.6) is 5.75 Å². The topological polar surface area (TPSA) is 163 Å². The summed E-state index contributed by atoms with van der Waals surface area (Å²) in [6, 6.07) is 10.6. The Bertz CT molecular complexity index is 1480. The van der Waals surface area contributed by atoms with E-state index in [4.69, 9.17) is 0 Å². The first-order valence-corrected chi connectivity index (χ1v) is 11.8. The molecule has 0 radical (unpaired) electrons. The number of rotatable bonds is 6. The second-order valence-electron chi connectivity index (χ2n) is 6.57. The number of azo groups is 1. The molecule has 166 valence electrons. The summed E-state index contributed by atoms with van der Waals surface area (Å²) in [4.78, 5) is 10.5. The van der Waals surface area contributed by atoms with Crippen molar-refractivity contribution < 1.29 is 31.3 Å². The molecule has 0 aliphatic heterocycles. The number of sulfone groups is 1. The number of carbonyl (C=O) groups is 1. The van der Waals surface area contributed by atoms with Crippen LogP contribution in [0.4, 0.5) is 17.1 Å². The van der Waals surface area contributed by atoms with Crippen molar-refractivity contribution in [1.29, 1.82) is 0 Å². The van der Waals surface area contributed by atoms with Crippen LogP contribution in [0.25, 0.3) is 10.8 Å². The maximum absolute atomic E-state index is 11.9. The van der Waals surface area contributed by atoms with Crippen LogP contribution < -0.4 is 5.32 Å². The quantitative estimate of drug-likeness (QED) is 0.357. The number of hydrogen-bond acceptors (Lipinski definition) is 8. The average molecular weight is 476 g/mol. The van der Waals surface area contributed by atoms with Crippen molar-refractivity contribution in [3.05, 3.63) is 60.5 Å². The van der Waals surface area contributed by atoms with Crippen molar-refractivity contribution in [2.45, 2.75) is 16.7 Å². The molecule has 0 fully saturated rings. The number of fused-ring (bicyclic) bond motifs is 1. The molecule has 0 unspecified atom stereocenters. The van der Waals surface area contributed by atoms with Crippen molar-refractivity contribution in [3.8, 4) is 5.75 Å². The SMILES string of the molecule is C=CS(=O)(=O)c1ccc(N=Nc2c(S(=O)(=O)O)cc3cc(NC(C)=O)ccc3c2O)cc1. The first-order chi connectivity index (χ1) is 14.9. The van der Waals surface area contributed by atoms with Crippen molar-refractivity contribution in [2.75, 3.05) is 5.32 Å². The number of nitrogens with one attached hydrogen (secondary N) is 1. The van der Waals surface area contributed by atoms with Gasteiger partial charge in [-0.25, -0.2) is 8.42 Å². The van der Waals surface area contributed by atoms with E-state index >= 15 is 0 Å². The van der Waals surface area contributed by atoms with E-state index in [2.05, 4.69) is 22.1 Å². The molecule has 3 aromatic rings. The van der Waals surface area contributed by atoms with Crippen LogP contribution in [0.3, 0.4) is 0 Å². The Labute approximate surface area is 183 Å². The maximum Gasteiger partial charge on any atom is 0.296 e. The van der Waals surface area contributed by atoms with Crippen LogP contribution in [0, 0.1) is 0 Å². The second-order valence-corrected chi connectivity index (χ2v) is 9.85. The van der Waals surface area contributed by atoms with Gasteiger partial charge in [-0.2, -0.15) is 13.5 Å². The summed E-state index contributed by atoms with van der Waals surface area (Å²) in [5.41, 5.74) is 0.0134. The Balaban J connectivity index is 2.11. The fourth-order valence-corrected chi connectivity index (χ4v) is 4.20. The summed E-state index contributed by atoms with van der Waals surface area (Å²) in [7, 11) is -8.45. The molecule has 0 bridgehead atoms. The van der Waals surface area contributed by atoms with Crippen LogP contribution in [0.2, 0.25) is 0 Å². The number of phenolic OH excluding ortho intramolecular Hbond substituents is 1. The van der Waals surface area contributed by atoms with Gasteiger partial charge in [0.25, 0.3) is 10.1 Å². The zero-order chi connectivity index (χ0) is 23.7. The van der Waals surface area contributed by atoms with E-state index < -0.39 is 36.3 Å². The lowest BCUT2D eigenvalue weighted by atomic mass is 10.1. The second kappa shape index (κ2) is 8.49. The lowest BCUT2D eigenvalue weighted by Crippen LogP contribution is -2.05. The smallest absolute Gasteiger partial charge is 0.296 e. The molecule has 0 saturated carbocycles. The number of phenols is 1. The van der Waals surface area contributed by atoms with Gasteiger partial charge in [-0.05, 0) is 53.9 Å². The highest BCUT2D eigenvalue weighted by Gasteiger charge is 2.22. The predicted molar refractivity (Wildman–Crippen MR) is 118 cm³/mol. The first kappa shape index (κ1) is 23.1. The Morgan fingerprint density at radius 2 is 1.69 bits per heavy atom. The lowest BCUT2D eigenvalue weighted by Gasteiger charge is -2.10. The molecule has 0 spiro atoms. The number of aromatic hydroxyl groups is 1. The highest BCUT2D eigenvalue weighted by atomic mass is 32.2. The molecule has 10 nitrogen and oxygen atoms in total. The van der Waals surface area contributed by atoms with E-state index in [9.17, 15) is 31.3 Å². The summed E-state index contributed by atoms with van der Waals surface area (Å²) >= 11 is 0. The van der Waals surface area contributed by atoms with Crippen LogP contribution in [0.15, 0.2) is 80.5 Å². The van der Waals surface area contributed by atoms with E-state index in [0.29, 0.717) is 5.69 Å². The van der Waals surface area contributed by atoms with Crippen molar-refractivity contribution in [2.24, 2.45) is 10.2 Å². The van der Waals surface area contributed by atoms with E-state index in [-0.39, 0.29) is 27.3 Å². The molecule has 3 rings (SSSR count). The van der Waals surface area contributed by atoms with Crippen molar-refractivity contribution in [3.63, 3.8) is 0 Å². The fraction of sp³-hybridized carbons (Fsp3) is 0.0500. The molecular formula is C20H17N3O7S2. The average Bonchev–Trinajstić information content (AvgIpc) is 2.72. The Hall–Kier alpha value is -3.61. The molecule has 1 amide bonds. The Morgan fingerprint density at radius 3 is 2.25 bits per heavy atom. The summed E-state index contributed by atoms with van der Waals surface area (Å²) in [5, 5.41) is 22.0. The van der Waals surface area contributed by atoms with Crippen LogP contribution in [-0.4, -0.2) is 32.4 Å². The molecule has 0 aliphatic rings. The highest BCUT2D eigenvalue weighted by Crippen LogP contribution is 2.42. The van der Waals surface area contributed by atoms with Crippen LogP contribution in [0.1, 0.15) is 6.92 Å². The Morgan fingerprint density at radius 1 is 1.03 bits per heavy atom. The molecule has 12 heteroatoms. The van der Waals surface area contributed by atoms with Gasteiger partial charge in [-0.3, -0.25) is 9.35 Å². The van der Waals surface area contributed by atoms with Gasteiger partial charge in [0.05, 0.1) is 10.6 Å². The van der Waals surface area contributed by atoms with Crippen LogP contribution in [-0.2, 0) is 24.7 Å². The van der Waals surface area contributed by atoms with Gasteiger partial charge in [0.15, 0.2) is 15.6 Å². The van der Waals surface area contributed by atoms with Gasteiger partial charge in [0, 0.05) is 23.4 Å². The molecule has 0 aromatic heterocycles. The van der Waals surface area contributed by atoms with E-state index in [0.717, 1.165) is 11.5 Å². The number of anilines is 1. The molecular weight excluding hydrogens is 458 g/mol. The third-order valence-corrected chi connectivity index (χ3v) is 6.53. The minimum absolute atomic E-state index is 0.0198. The third kappa shape index (κ3) is 4.82. The summed E-state index contributed by atoms with van der Waals surface area (Å²) < 4.78 is 57.0. The monoisotopic (exact) mass is 475 g/mol. The van der Waals surface area contributed by atoms with Gasteiger partial charge < -0.3 is 10.4 Å². The molecule has 3 N–H and O–H groups in total. The van der Waals surface area contributed by atoms with Crippen LogP contribution >= 0.6 is 0 Å². The number of nitrogens with zero attached hydrogens (tertiary/aromatic N) is 2. The predicted octanol–water partition coefficient (Wildman–Crippen LogP) is 4.08. The number of hydrogen-bond donors (Lipinski definition) is 3. The van der Waals surface area contributed by atoms with Gasteiger partial charge in [-0.1, -0.05) is 6.58 Å². The molecule has 0 heterocycles. The summed E-state index contributed by atoms with van der Waals surface area (Å²) in [6.07, 6.45) is 0. The normalized spacial score (nSPS) is 12.2. The van der Waals surface area contributed by atoms with Gasteiger partial charge >= 0.3 is 0 Å². The number of amides is 1. The maximum atomic E-state index is 11.9. The molecule has 0 atom stereocenters. The number of benzene rings is 3. The summed E-state index contributed by atoms with van der Waals surface area (Å²) in [5.74, 6) is -0.903. The van der Waals surface area contributed by atoms with Gasteiger partial charge in [0.1, 0.15) is 10.6 Å². The molecule has 0 saturated heterocycles. The standard InChI is InChI=1S/C20H17N3O7S2/c1-3-31(26,27)16-7-4-14(5-8-16)22-23-19-18(32(28,29)30)11-13-10-15(21-12(2)24)6-9-17(13)20(19)25/h3-11,25H,1H2,2H3,(H,21,24)(H,28,29,30). The van der Waals surface area contributed by atoms with Gasteiger partial charge in [-0.15, -0.1) is 5.11 Å². The molecule has 32 heavy (non-hydrogen) atoms. The first-order valence-electron chi connectivity index (χ1n) is 8.86. The zero-order valence-corrected chi connectivity index (χ0v) is 18.2. The largest absolute Gasteiger partial charge is 0.505 e. The van der Waals surface area contributed by atoms with E-state index in [1.54, 1.807) is 0 Å². The fourth-order valence-electron chi connectivity index (χ4n) is 2.83. The lowest BCUT2D eigenvalue weighted by molar-refractivity contribution is -0.114. The summed E-state index contributed by atoms with van der Waals surface area (Å²) in [6.45, 7) is 4.53. The van der Waals surface area contributed by atoms with E-state index in [1.165, 1.54) is 49.4 Å². The minimum Gasteiger partial charge on any atom is -0.505 e. The third-order valence-electron chi connectivity index (χ3n) is 4.30. The molecule has 0 aliphatic carbocycles. The highest BCUT2D eigenvalue weighted by molar-refractivity contribution is 7.94. The minimum atomic E-state index is -4.81. The van der Waals surface area contributed by atoms with Gasteiger partial charge in [0.2, 0.25) is 5.91 Å². The van der Waals surface area contributed by atoms with Crippen molar-refractivity contribution >= 4 is 53.7 Å². The van der Waals surface area contributed by atoms with E-state index in [1.807, 2.05) is 0 Å². The molecule has 3 aromatic carbocycles. The zero-order valence-electron chi connectivity index (χ0n) is 16.5. The van der Waals surface area contributed by atoms with Crippen molar-refractivity contribution in [1.82, 2.24) is 0 Å². The Kier molecular flexibility index (Phi) is 6.12. The number of carbonyl (C=O) groups excluding carboxylic acids is 1.